The average Bonchev–Trinajstić information content (AvgIpc) is 3.12. The van der Waals surface area contributed by atoms with E-state index in [2.05, 4.69) is 15.0 Å². The molecule has 9 heteroatoms. The molecule has 28 heavy (non-hydrogen) atoms. The number of aromatic nitrogens is 1. The van der Waals surface area contributed by atoms with Crippen LogP contribution in [0.4, 0.5) is 23.7 Å². The van der Waals surface area contributed by atoms with Gasteiger partial charge >= 0.3 is 12.4 Å². The molecule has 0 bridgehead atoms. The van der Waals surface area contributed by atoms with Gasteiger partial charge in [0.25, 0.3) is 0 Å². The van der Waals surface area contributed by atoms with Crippen molar-refractivity contribution < 1.29 is 27.4 Å². The zero-order chi connectivity index (χ0) is 20.0. The van der Waals surface area contributed by atoms with Gasteiger partial charge in [0.15, 0.2) is 0 Å². The van der Waals surface area contributed by atoms with Gasteiger partial charge in [0, 0.05) is 19.3 Å². The first-order valence-electron chi connectivity index (χ1n) is 8.83. The van der Waals surface area contributed by atoms with Crippen LogP contribution < -0.4 is 14.8 Å². The van der Waals surface area contributed by atoms with Crippen molar-refractivity contribution in [3.8, 4) is 11.5 Å². The molecule has 1 fully saturated rings. The van der Waals surface area contributed by atoms with Crippen LogP contribution in [0.2, 0.25) is 0 Å². The molecule has 1 aliphatic heterocycles. The van der Waals surface area contributed by atoms with Gasteiger partial charge in [-0.1, -0.05) is 0 Å². The predicted octanol–water partition coefficient (Wildman–Crippen LogP) is 4.30. The number of urea groups is 1. The van der Waals surface area contributed by atoms with Crippen LogP contribution in [0.5, 0.6) is 11.5 Å². The minimum atomic E-state index is -4.71. The van der Waals surface area contributed by atoms with E-state index in [1.807, 2.05) is 0 Å². The quantitative estimate of drug-likeness (QED) is 0.792. The van der Waals surface area contributed by atoms with Gasteiger partial charge in [0.05, 0.1) is 18.5 Å². The fourth-order valence-corrected chi connectivity index (χ4v) is 2.97. The van der Waals surface area contributed by atoms with E-state index >= 15 is 0 Å². The molecule has 6 nitrogen and oxygen atoms in total. The van der Waals surface area contributed by atoms with Crippen molar-refractivity contribution in [1.82, 2.24) is 9.88 Å². The van der Waals surface area contributed by atoms with Crippen LogP contribution >= 0.6 is 0 Å². The van der Waals surface area contributed by atoms with Gasteiger partial charge in [0.2, 0.25) is 0 Å². The molecule has 0 spiro atoms. The third kappa shape index (κ3) is 6.04. The minimum absolute atomic E-state index is 0.156. The Hall–Kier alpha value is -2.97. The predicted molar refractivity (Wildman–Crippen MR) is 96.2 cm³/mol. The highest BCUT2D eigenvalue weighted by atomic mass is 19.4. The maximum Gasteiger partial charge on any atom is 0.573 e. The molecule has 150 valence electrons. The van der Waals surface area contributed by atoms with Crippen LogP contribution in [0.15, 0.2) is 48.8 Å². The average molecular weight is 395 g/mol. The number of benzene rings is 1. The smallest absolute Gasteiger partial charge is 0.494 e. The molecule has 0 radical (unpaired) electrons. The lowest BCUT2D eigenvalue weighted by Crippen LogP contribution is -2.33. The molecule has 1 N–H and O–H groups in total. The number of amides is 2. The summed E-state index contributed by atoms with van der Waals surface area (Å²) in [7, 11) is 0. The molecule has 2 aromatic rings. The normalized spacial score (nSPS) is 16.7. The first-order valence-corrected chi connectivity index (χ1v) is 8.83. The Balaban J connectivity index is 1.38. The molecule has 1 atom stereocenters. The minimum Gasteiger partial charge on any atom is -0.494 e. The maximum atomic E-state index is 12.3. The number of rotatable bonds is 6. The van der Waals surface area contributed by atoms with Crippen LogP contribution in [0, 0.1) is 5.92 Å². The lowest BCUT2D eigenvalue weighted by atomic mass is 10.1. The summed E-state index contributed by atoms with van der Waals surface area (Å²) in [5.74, 6) is 0.497. The summed E-state index contributed by atoms with van der Waals surface area (Å²) in [5, 5.41) is 2.81. The Labute approximate surface area is 160 Å². The van der Waals surface area contributed by atoms with Crippen molar-refractivity contribution in [2.75, 3.05) is 25.0 Å². The number of alkyl halides is 3. The number of anilines is 1. The molecule has 1 saturated heterocycles. The largest absolute Gasteiger partial charge is 0.573 e. The van der Waals surface area contributed by atoms with Crippen molar-refractivity contribution in [3.63, 3.8) is 0 Å². The highest BCUT2D eigenvalue weighted by Gasteiger charge is 2.31. The Morgan fingerprint density at radius 2 is 1.96 bits per heavy atom. The second-order valence-corrected chi connectivity index (χ2v) is 6.43. The lowest BCUT2D eigenvalue weighted by Gasteiger charge is -2.17. The highest BCUT2D eigenvalue weighted by molar-refractivity contribution is 5.89. The summed E-state index contributed by atoms with van der Waals surface area (Å²) in [6.45, 7) is 1.72. The SMILES string of the molecule is O=C(Nc1cccnc1)N1CCC(CCOc2ccc(OC(F)(F)F)cc2)C1. The lowest BCUT2D eigenvalue weighted by molar-refractivity contribution is -0.274. The molecule has 0 saturated carbocycles. The molecule has 2 heterocycles. The van der Waals surface area contributed by atoms with Gasteiger partial charge in [0.1, 0.15) is 11.5 Å². The van der Waals surface area contributed by atoms with Crippen molar-refractivity contribution in [2.24, 2.45) is 5.92 Å². The summed E-state index contributed by atoms with van der Waals surface area (Å²) in [6.07, 6.45) is 0.141. The molecule has 3 rings (SSSR count). The number of nitrogens with zero attached hydrogens (tertiary/aromatic N) is 2. The van der Waals surface area contributed by atoms with Crippen LogP contribution in [-0.2, 0) is 0 Å². The van der Waals surface area contributed by atoms with Gasteiger partial charge in [-0.25, -0.2) is 4.79 Å². The highest BCUT2D eigenvalue weighted by Crippen LogP contribution is 2.25. The second-order valence-electron chi connectivity index (χ2n) is 6.43. The molecule has 0 aliphatic carbocycles. The number of hydrogen-bond acceptors (Lipinski definition) is 4. The van der Waals surface area contributed by atoms with E-state index in [0.29, 0.717) is 37.1 Å². The second kappa shape index (κ2) is 8.81. The Morgan fingerprint density at radius 1 is 1.21 bits per heavy atom. The number of likely N-dealkylation sites (tertiary alicyclic amines) is 1. The van der Waals surface area contributed by atoms with Crippen LogP contribution in [0.3, 0.4) is 0 Å². The summed E-state index contributed by atoms with van der Waals surface area (Å²) in [6, 6.07) is 8.66. The van der Waals surface area contributed by atoms with Gasteiger partial charge in [-0.3, -0.25) is 4.98 Å². The first kappa shape index (κ1) is 19.8. The van der Waals surface area contributed by atoms with Crippen LogP contribution in [0.25, 0.3) is 0 Å². The molecule has 2 amide bonds. The zero-order valence-corrected chi connectivity index (χ0v) is 15.0. The van der Waals surface area contributed by atoms with Crippen molar-refractivity contribution in [2.45, 2.75) is 19.2 Å². The van der Waals surface area contributed by atoms with Gasteiger partial charge in [-0.05, 0) is 55.2 Å². The van der Waals surface area contributed by atoms with Crippen molar-refractivity contribution in [1.29, 1.82) is 0 Å². The Morgan fingerprint density at radius 3 is 2.64 bits per heavy atom. The van der Waals surface area contributed by atoms with Gasteiger partial charge < -0.3 is 19.7 Å². The third-order valence-corrected chi connectivity index (χ3v) is 4.34. The summed E-state index contributed by atoms with van der Waals surface area (Å²) in [5.41, 5.74) is 0.650. The van der Waals surface area contributed by atoms with E-state index in [0.717, 1.165) is 12.8 Å². The number of carbonyl (C=O) groups excluding carboxylic acids is 1. The Kier molecular flexibility index (Phi) is 6.23. The molecular formula is C19H20F3N3O3. The van der Waals surface area contributed by atoms with E-state index in [4.69, 9.17) is 4.74 Å². The topological polar surface area (TPSA) is 63.7 Å². The van der Waals surface area contributed by atoms with Crippen LogP contribution in [-0.4, -0.2) is 42.0 Å². The monoisotopic (exact) mass is 395 g/mol. The number of halogens is 3. The number of nitrogens with one attached hydrogen (secondary N) is 1. The van der Waals surface area contributed by atoms with E-state index in [-0.39, 0.29) is 11.8 Å². The fraction of sp³-hybridized carbons (Fsp3) is 0.368. The number of hydrogen-bond donors (Lipinski definition) is 1. The molecular weight excluding hydrogens is 375 g/mol. The van der Waals surface area contributed by atoms with E-state index in [9.17, 15) is 18.0 Å². The first-order chi connectivity index (χ1) is 13.4. The zero-order valence-electron chi connectivity index (χ0n) is 15.0. The van der Waals surface area contributed by atoms with Gasteiger partial charge in [-0.15, -0.1) is 13.2 Å². The molecule has 1 aromatic heterocycles. The van der Waals surface area contributed by atoms with Crippen molar-refractivity contribution >= 4 is 11.7 Å². The number of carbonyl (C=O) groups is 1. The van der Waals surface area contributed by atoms with Crippen molar-refractivity contribution in [3.05, 3.63) is 48.8 Å². The summed E-state index contributed by atoms with van der Waals surface area (Å²) in [4.78, 5) is 18.0. The number of ether oxygens (including phenoxy) is 2. The third-order valence-electron chi connectivity index (χ3n) is 4.34. The maximum absolute atomic E-state index is 12.3. The van der Waals surface area contributed by atoms with E-state index in [1.54, 1.807) is 29.4 Å². The Bertz CT molecular complexity index is 769. The fourth-order valence-electron chi connectivity index (χ4n) is 2.97. The van der Waals surface area contributed by atoms with Crippen LogP contribution in [0.1, 0.15) is 12.8 Å². The van der Waals surface area contributed by atoms with E-state index in [1.165, 1.54) is 24.3 Å². The molecule has 1 aromatic carbocycles. The summed E-state index contributed by atoms with van der Waals surface area (Å²) >= 11 is 0. The number of pyridine rings is 1. The molecule has 1 unspecified atom stereocenters. The van der Waals surface area contributed by atoms with Gasteiger partial charge in [-0.2, -0.15) is 0 Å². The summed E-state index contributed by atoms with van der Waals surface area (Å²) < 4.78 is 45.8. The van der Waals surface area contributed by atoms with E-state index < -0.39 is 6.36 Å². The standard InChI is InChI=1S/C19H20F3N3O3/c20-19(21,22)28-17-5-3-16(4-6-17)27-11-8-14-7-10-25(13-14)18(26)24-15-2-1-9-23-12-15/h1-6,9,12,14H,7-8,10-11,13H2,(H,24,26). The molecule has 1 aliphatic rings.